The Bertz CT molecular complexity index is 461. The van der Waals surface area contributed by atoms with Crippen LogP contribution < -0.4 is 0 Å². The van der Waals surface area contributed by atoms with Crippen molar-refractivity contribution in [3.05, 3.63) is 22.5 Å². The van der Waals surface area contributed by atoms with Crippen LogP contribution in [0.3, 0.4) is 0 Å². The SMILES string of the molecule is CCCCN(C)C(=O)c1[nH]c(C)c(C(C)=O)c1C. The molecule has 18 heavy (non-hydrogen) atoms. The van der Waals surface area contributed by atoms with Crippen molar-refractivity contribution in [2.24, 2.45) is 0 Å². The van der Waals surface area contributed by atoms with E-state index in [1.807, 2.05) is 13.8 Å². The number of carbonyl (C=O) groups excluding carboxylic acids is 2. The van der Waals surface area contributed by atoms with Crippen LogP contribution in [0.2, 0.25) is 0 Å². The second-order valence-corrected chi connectivity index (χ2v) is 4.76. The maximum absolute atomic E-state index is 12.2. The van der Waals surface area contributed by atoms with Gasteiger partial charge in [-0.2, -0.15) is 0 Å². The normalized spacial score (nSPS) is 10.5. The van der Waals surface area contributed by atoms with Crippen molar-refractivity contribution in [2.75, 3.05) is 13.6 Å². The zero-order valence-electron chi connectivity index (χ0n) is 11.9. The molecule has 1 aromatic heterocycles. The summed E-state index contributed by atoms with van der Waals surface area (Å²) < 4.78 is 0. The van der Waals surface area contributed by atoms with Crippen molar-refractivity contribution >= 4 is 11.7 Å². The molecule has 1 N–H and O–H groups in total. The van der Waals surface area contributed by atoms with Gasteiger partial charge in [0.1, 0.15) is 5.69 Å². The first kappa shape index (κ1) is 14.5. The van der Waals surface area contributed by atoms with E-state index in [1.54, 1.807) is 11.9 Å². The number of aromatic amines is 1. The van der Waals surface area contributed by atoms with Gasteiger partial charge in [-0.3, -0.25) is 9.59 Å². The summed E-state index contributed by atoms with van der Waals surface area (Å²) >= 11 is 0. The van der Waals surface area contributed by atoms with Gasteiger partial charge >= 0.3 is 0 Å². The number of hydrogen-bond acceptors (Lipinski definition) is 2. The lowest BCUT2D eigenvalue weighted by atomic mass is 10.1. The molecule has 4 heteroatoms. The number of Topliss-reactive ketones (excluding diaryl/α,β-unsaturated/α-hetero) is 1. The molecule has 0 aliphatic heterocycles. The number of carbonyl (C=O) groups is 2. The number of ketones is 1. The van der Waals surface area contributed by atoms with E-state index in [1.165, 1.54) is 6.92 Å². The van der Waals surface area contributed by atoms with Crippen LogP contribution in [0.25, 0.3) is 0 Å². The summed E-state index contributed by atoms with van der Waals surface area (Å²) in [7, 11) is 1.79. The van der Waals surface area contributed by atoms with Gasteiger partial charge < -0.3 is 9.88 Å². The third-order valence-electron chi connectivity index (χ3n) is 3.20. The highest BCUT2D eigenvalue weighted by Crippen LogP contribution is 2.19. The van der Waals surface area contributed by atoms with Gasteiger partial charge in [-0.05, 0) is 32.8 Å². The molecule has 0 saturated heterocycles. The van der Waals surface area contributed by atoms with Gasteiger partial charge in [0.2, 0.25) is 0 Å². The standard InChI is InChI=1S/C14H22N2O2/c1-6-7-8-16(5)14(18)13-9(2)12(11(4)17)10(3)15-13/h15H,6-8H2,1-5H3. The fourth-order valence-electron chi connectivity index (χ4n) is 2.18. The Morgan fingerprint density at radius 3 is 2.33 bits per heavy atom. The molecule has 0 saturated carbocycles. The van der Waals surface area contributed by atoms with Crippen LogP contribution in [0, 0.1) is 13.8 Å². The van der Waals surface area contributed by atoms with E-state index < -0.39 is 0 Å². The summed E-state index contributed by atoms with van der Waals surface area (Å²) in [6.45, 7) is 8.00. The molecule has 100 valence electrons. The van der Waals surface area contributed by atoms with Crippen molar-refractivity contribution in [3.63, 3.8) is 0 Å². The Morgan fingerprint density at radius 2 is 1.89 bits per heavy atom. The average molecular weight is 250 g/mol. The summed E-state index contributed by atoms with van der Waals surface area (Å²) in [5.74, 6) is -0.0481. The van der Waals surface area contributed by atoms with Crippen molar-refractivity contribution in [2.45, 2.75) is 40.5 Å². The Morgan fingerprint density at radius 1 is 1.28 bits per heavy atom. The monoisotopic (exact) mass is 250 g/mol. The van der Waals surface area contributed by atoms with Crippen LogP contribution >= 0.6 is 0 Å². The molecule has 0 atom stereocenters. The minimum absolute atomic E-state index is 0.00323. The molecular weight excluding hydrogens is 228 g/mol. The molecular formula is C14H22N2O2. The maximum Gasteiger partial charge on any atom is 0.270 e. The van der Waals surface area contributed by atoms with Crippen LogP contribution in [-0.4, -0.2) is 35.2 Å². The van der Waals surface area contributed by atoms with Gasteiger partial charge in [-0.15, -0.1) is 0 Å². The molecule has 0 unspecified atom stereocenters. The minimum atomic E-state index is -0.0449. The highest BCUT2D eigenvalue weighted by molar-refractivity contribution is 6.02. The average Bonchev–Trinajstić information content (AvgIpc) is 2.60. The molecule has 0 radical (unpaired) electrons. The van der Waals surface area contributed by atoms with E-state index in [0.717, 1.165) is 30.6 Å². The number of aromatic nitrogens is 1. The maximum atomic E-state index is 12.2. The Hall–Kier alpha value is -1.58. The number of rotatable bonds is 5. The second-order valence-electron chi connectivity index (χ2n) is 4.76. The van der Waals surface area contributed by atoms with Crippen LogP contribution in [0.4, 0.5) is 0 Å². The molecule has 4 nitrogen and oxygen atoms in total. The molecule has 0 spiro atoms. The number of amides is 1. The summed E-state index contributed by atoms with van der Waals surface area (Å²) in [5.41, 5.74) is 2.71. The van der Waals surface area contributed by atoms with Crippen molar-refractivity contribution in [3.8, 4) is 0 Å². The Kier molecular flexibility index (Phi) is 4.70. The molecule has 1 amide bonds. The zero-order valence-corrected chi connectivity index (χ0v) is 11.9. The largest absolute Gasteiger partial charge is 0.354 e. The topological polar surface area (TPSA) is 53.2 Å². The van der Waals surface area contributed by atoms with E-state index in [0.29, 0.717) is 11.3 Å². The number of aryl methyl sites for hydroxylation is 1. The molecule has 1 rings (SSSR count). The predicted octanol–water partition coefficient (Wildman–Crippen LogP) is 2.71. The molecule has 0 bridgehead atoms. The number of nitrogens with one attached hydrogen (secondary N) is 1. The summed E-state index contributed by atoms with van der Waals surface area (Å²) in [5, 5.41) is 0. The first-order valence-corrected chi connectivity index (χ1v) is 6.35. The van der Waals surface area contributed by atoms with Crippen LogP contribution in [0.15, 0.2) is 0 Å². The first-order chi connectivity index (χ1) is 8.40. The van der Waals surface area contributed by atoms with E-state index >= 15 is 0 Å². The van der Waals surface area contributed by atoms with E-state index in [2.05, 4.69) is 11.9 Å². The number of hydrogen-bond donors (Lipinski definition) is 1. The summed E-state index contributed by atoms with van der Waals surface area (Å²) in [4.78, 5) is 28.5. The van der Waals surface area contributed by atoms with Gasteiger partial charge in [0.25, 0.3) is 5.91 Å². The third-order valence-corrected chi connectivity index (χ3v) is 3.20. The molecule has 0 aliphatic rings. The van der Waals surface area contributed by atoms with Crippen LogP contribution in [-0.2, 0) is 0 Å². The van der Waals surface area contributed by atoms with E-state index in [-0.39, 0.29) is 11.7 Å². The number of nitrogens with zero attached hydrogens (tertiary/aromatic N) is 1. The van der Waals surface area contributed by atoms with Gasteiger partial charge in [0.15, 0.2) is 5.78 Å². The van der Waals surface area contributed by atoms with Crippen molar-refractivity contribution in [1.82, 2.24) is 9.88 Å². The predicted molar refractivity (Wildman–Crippen MR) is 72.1 cm³/mol. The molecule has 1 heterocycles. The van der Waals surface area contributed by atoms with Gasteiger partial charge in [0, 0.05) is 24.8 Å². The van der Waals surface area contributed by atoms with Gasteiger partial charge in [-0.25, -0.2) is 0 Å². The smallest absolute Gasteiger partial charge is 0.270 e. The van der Waals surface area contributed by atoms with E-state index in [9.17, 15) is 9.59 Å². The van der Waals surface area contributed by atoms with Crippen LogP contribution in [0.1, 0.15) is 58.8 Å². The van der Waals surface area contributed by atoms with Gasteiger partial charge in [0.05, 0.1) is 0 Å². The highest BCUT2D eigenvalue weighted by atomic mass is 16.2. The van der Waals surface area contributed by atoms with Gasteiger partial charge in [-0.1, -0.05) is 13.3 Å². The summed E-state index contributed by atoms with van der Waals surface area (Å²) in [6, 6.07) is 0. The number of H-pyrrole nitrogens is 1. The van der Waals surface area contributed by atoms with Crippen molar-refractivity contribution < 1.29 is 9.59 Å². The molecule has 0 fully saturated rings. The first-order valence-electron chi connectivity index (χ1n) is 6.35. The van der Waals surface area contributed by atoms with Crippen molar-refractivity contribution in [1.29, 1.82) is 0 Å². The molecule has 0 aromatic carbocycles. The Balaban J connectivity index is 3.00. The lowest BCUT2D eigenvalue weighted by Crippen LogP contribution is -2.28. The lowest BCUT2D eigenvalue weighted by Gasteiger charge is -2.16. The third kappa shape index (κ3) is 2.81. The quantitative estimate of drug-likeness (QED) is 0.817. The lowest BCUT2D eigenvalue weighted by molar-refractivity contribution is 0.0787. The Labute approximate surface area is 108 Å². The fourth-order valence-corrected chi connectivity index (χ4v) is 2.18. The molecule has 0 aliphatic carbocycles. The van der Waals surface area contributed by atoms with Crippen LogP contribution in [0.5, 0.6) is 0 Å². The number of unbranched alkanes of at least 4 members (excludes halogenated alkanes) is 1. The minimum Gasteiger partial charge on any atom is -0.354 e. The van der Waals surface area contributed by atoms with E-state index in [4.69, 9.17) is 0 Å². The second kappa shape index (κ2) is 5.85. The molecule has 1 aromatic rings. The highest BCUT2D eigenvalue weighted by Gasteiger charge is 2.21. The zero-order chi connectivity index (χ0) is 13.9. The summed E-state index contributed by atoms with van der Waals surface area (Å²) in [6.07, 6.45) is 2.04. The fraction of sp³-hybridized carbons (Fsp3) is 0.571.